The molecule has 0 radical (unpaired) electrons. The van der Waals surface area contributed by atoms with Crippen LogP contribution in [0.5, 0.6) is 0 Å². The third kappa shape index (κ3) is 2.65. The van der Waals surface area contributed by atoms with Crippen molar-refractivity contribution in [1.29, 1.82) is 0 Å². The molecule has 1 atom stereocenters. The predicted octanol–water partition coefficient (Wildman–Crippen LogP) is -0.573. The maximum Gasteiger partial charge on any atom is 0.268 e. The summed E-state index contributed by atoms with van der Waals surface area (Å²) in [6, 6.07) is 1.61. The lowest BCUT2D eigenvalue weighted by molar-refractivity contribution is 0.121. The zero-order chi connectivity index (χ0) is 12.3. The average Bonchev–Trinajstić information content (AvgIpc) is 2.80. The number of hydrogen-bond acceptors (Lipinski definition) is 5. The summed E-state index contributed by atoms with van der Waals surface area (Å²) >= 11 is 0. The summed E-state index contributed by atoms with van der Waals surface area (Å²) in [6.07, 6.45) is 2.96. The molecule has 0 amide bonds. The van der Waals surface area contributed by atoms with Crippen LogP contribution in [-0.2, 0) is 11.3 Å². The summed E-state index contributed by atoms with van der Waals surface area (Å²) in [6.45, 7) is 2.60. The number of nitrogens with zero attached hydrogens (tertiary/aromatic N) is 3. The van der Waals surface area contributed by atoms with Crippen LogP contribution in [0.15, 0.2) is 17.1 Å². The standard InChI is InChI=1S/C11H18N4O2/c1-17-10-2-4-14(8-10)9-6-11(16)15(5-3-12)13-7-9/h6-7,10H,2-5,8,12H2,1H3. The molecule has 0 bridgehead atoms. The van der Waals surface area contributed by atoms with E-state index in [4.69, 9.17) is 10.5 Å². The van der Waals surface area contributed by atoms with Crippen molar-refractivity contribution < 1.29 is 4.74 Å². The number of nitrogens with two attached hydrogens (primary N) is 1. The quantitative estimate of drug-likeness (QED) is 0.760. The second-order valence-corrected chi connectivity index (χ2v) is 4.16. The van der Waals surface area contributed by atoms with E-state index in [1.54, 1.807) is 19.4 Å². The van der Waals surface area contributed by atoms with Gasteiger partial charge < -0.3 is 15.4 Å². The monoisotopic (exact) mass is 238 g/mol. The molecule has 0 aromatic carbocycles. The Labute approximate surface area is 100.0 Å². The van der Waals surface area contributed by atoms with E-state index in [1.165, 1.54) is 4.68 Å². The molecule has 1 aliphatic heterocycles. The van der Waals surface area contributed by atoms with E-state index in [1.807, 2.05) is 0 Å². The van der Waals surface area contributed by atoms with Gasteiger partial charge in [0, 0.05) is 32.8 Å². The van der Waals surface area contributed by atoms with Gasteiger partial charge in [0.15, 0.2) is 0 Å². The van der Waals surface area contributed by atoms with Crippen LogP contribution in [0.1, 0.15) is 6.42 Å². The zero-order valence-corrected chi connectivity index (χ0v) is 10.0. The number of aromatic nitrogens is 2. The molecule has 1 aromatic rings. The molecule has 2 N–H and O–H groups in total. The van der Waals surface area contributed by atoms with Crippen molar-refractivity contribution in [3.8, 4) is 0 Å². The Balaban J connectivity index is 2.12. The predicted molar refractivity (Wildman–Crippen MR) is 65.2 cm³/mol. The minimum atomic E-state index is -0.103. The highest BCUT2D eigenvalue weighted by Gasteiger charge is 2.22. The van der Waals surface area contributed by atoms with Crippen LogP contribution in [0.4, 0.5) is 5.69 Å². The Morgan fingerprint density at radius 3 is 3.06 bits per heavy atom. The average molecular weight is 238 g/mol. The van der Waals surface area contributed by atoms with E-state index in [2.05, 4.69) is 10.00 Å². The van der Waals surface area contributed by atoms with E-state index in [0.29, 0.717) is 13.1 Å². The van der Waals surface area contributed by atoms with Crippen LogP contribution in [0.25, 0.3) is 0 Å². The SMILES string of the molecule is COC1CCN(c2cnn(CCN)c(=O)c2)C1. The highest BCUT2D eigenvalue weighted by molar-refractivity contribution is 5.44. The largest absolute Gasteiger partial charge is 0.380 e. The van der Waals surface area contributed by atoms with Crippen LogP contribution in [0.3, 0.4) is 0 Å². The molecule has 94 valence electrons. The van der Waals surface area contributed by atoms with Gasteiger partial charge in [0.05, 0.1) is 24.5 Å². The summed E-state index contributed by atoms with van der Waals surface area (Å²) in [7, 11) is 1.71. The Kier molecular flexibility index (Phi) is 3.75. The lowest BCUT2D eigenvalue weighted by Gasteiger charge is -2.17. The maximum absolute atomic E-state index is 11.7. The van der Waals surface area contributed by atoms with Crippen molar-refractivity contribution in [2.45, 2.75) is 19.1 Å². The molecule has 0 saturated carbocycles. The highest BCUT2D eigenvalue weighted by atomic mass is 16.5. The minimum absolute atomic E-state index is 0.103. The first-order valence-electron chi connectivity index (χ1n) is 5.79. The number of ether oxygens (including phenoxy) is 1. The second kappa shape index (κ2) is 5.29. The molecule has 17 heavy (non-hydrogen) atoms. The van der Waals surface area contributed by atoms with Crippen LogP contribution in [-0.4, -0.2) is 42.6 Å². The van der Waals surface area contributed by atoms with E-state index >= 15 is 0 Å². The summed E-state index contributed by atoms with van der Waals surface area (Å²) < 4.78 is 6.68. The van der Waals surface area contributed by atoms with Crippen molar-refractivity contribution in [2.75, 3.05) is 31.6 Å². The first kappa shape index (κ1) is 12.1. The zero-order valence-electron chi connectivity index (χ0n) is 10.0. The van der Waals surface area contributed by atoms with Gasteiger partial charge in [-0.3, -0.25) is 4.79 Å². The van der Waals surface area contributed by atoms with Crippen molar-refractivity contribution in [2.24, 2.45) is 5.73 Å². The molecule has 1 aliphatic rings. The fourth-order valence-electron chi connectivity index (χ4n) is 2.04. The lowest BCUT2D eigenvalue weighted by Crippen LogP contribution is -2.29. The summed E-state index contributed by atoms with van der Waals surface area (Å²) in [5, 5.41) is 4.11. The van der Waals surface area contributed by atoms with E-state index in [-0.39, 0.29) is 11.7 Å². The van der Waals surface area contributed by atoms with Gasteiger partial charge in [-0.15, -0.1) is 0 Å². The molecule has 0 spiro atoms. The molecule has 1 saturated heterocycles. The van der Waals surface area contributed by atoms with Gasteiger partial charge in [-0.1, -0.05) is 0 Å². The van der Waals surface area contributed by atoms with Gasteiger partial charge in [-0.25, -0.2) is 4.68 Å². The molecular weight excluding hydrogens is 220 g/mol. The van der Waals surface area contributed by atoms with E-state index in [9.17, 15) is 4.79 Å². The van der Waals surface area contributed by atoms with E-state index < -0.39 is 0 Å². The van der Waals surface area contributed by atoms with Crippen LogP contribution < -0.4 is 16.2 Å². The number of methoxy groups -OCH3 is 1. The third-order valence-corrected chi connectivity index (χ3v) is 3.04. The first-order valence-corrected chi connectivity index (χ1v) is 5.79. The highest BCUT2D eigenvalue weighted by Crippen LogP contribution is 2.18. The van der Waals surface area contributed by atoms with Crippen molar-refractivity contribution in [1.82, 2.24) is 9.78 Å². The molecule has 1 fully saturated rings. The molecule has 6 nitrogen and oxygen atoms in total. The number of anilines is 1. The van der Waals surface area contributed by atoms with Crippen molar-refractivity contribution in [3.05, 3.63) is 22.6 Å². The minimum Gasteiger partial charge on any atom is -0.380 e. The summed E-state index contributed by atoms with van der Waals surface area (Å²) in [4.78, 5) is 13.8. The smallest absolute Gasteiger partial charge is 0.268 e. The van der Waals surface area contributed by atoms with Gasteiger partial charge in [0.2, 0.25) is 0 Å². The normalized spacial score (nSPS) is 19.9. The molecule has 1 unspecified atom stereocenters. The van der Waals surface area contributed by atoms with Gasteiger partial charge in [-0.05, 0) is 6.42 Å². The Morgan fingerprint density at radius 1 is 1.65 bits per heavy atom. The Morgan fingerprint density at radius 2 is 2.47 bits per heavy atom. The van der Waals surface area contributed by atoms with Crippen molar-refractivity contribution in [3.63, 3.8) is 0 Å². The summed E-state index contributed by atoms with van der Waals surface area (Å²) in [5.41, 5.74) is 6.16. The number of hydrogen-bond donors (Lipinski definition) is 1. The lowest BCUT2D eigenvalue weighted by atomic mass is 10.3. The Bertz CT molecular complexity index is 432. The topological polar surface area (TPSA) is 73.4 Å². The van der Waals surface area contributed by atoms with Gasteiger partial charge in [-0.2, -0.15) is 5.10 Å². The second-order valence-electron chi connectivity index (χ2n) is 4.16. The molecule has 2 heterocycles. The van der Waals surface area contributed by atoms with Gasteiger partial charge in [0.25, 0.3) is 5.56 Å². The van der Waals surface area contributed by atoms with Gasteiger partial charge in [0.1, 0.15) is 0 Å². The Hall–Kier alpha value is -1.40. The summed E-state index contributed by atoms with van der Waals surface area (Å²) in [5.74, 6) is 0. The van der Waals surface area contributed by atoms with E-state index in [0.717, 1.165) is 25.2 Å². The molecule has 1 aromatic heterocycles. The number of rotatable bonds is 4. The fraction of sp³-hybridized carbons (Fsp3) is 0.636. The van der Waals surface area contributed by atoms with Crippen LogP contribution in [0.2, 0.25) is 0 Å². The maximum atomic E-state index is 11.7. The molecule has 2 rings (SSSR count). The van der Waals surface area contributed by atoms with Crippen LogP contribution in [0, 0.1) is 0 Å². The molecule has 0 aliphatic carbocycles. The fourth-order valence-corrected chi connectivity index (χ4v) is 2.04. The first-order chi connectivity index (χ1) is 8.24. The molecular formula is C11H18N4O2. The third-order valence-electron chi connectivity index (χ3n) is 3.04. The van der Waals surface area contributed by atoms with Crippen molar-refractivity contribution >= 4 is 5.69 Å². The van der Waals surface area contributed by atoms with Gasteiger partial charge >= 0.3 is 0 Å². The molecule has 6 heteroatoms. The van der Waals surface area contributed by atoms with Crippen LogP contribution >= 0.6 is 0 Å².